The molecule has 10 nitrogen and oxygen atoms in total. The molecule has 3 aliphatic heterocycles. The number of hydrogen-bond acceptors (Lipinski definition) is 8. The molecule has 4 atom stereocenters. The van der Waals surface area contributed by atoms with Crippen molar-refractivity contribution in [2.24, 2.45) is 11.8 Å². The smallest absolute Gasteiger partial charge is 0.271 e. The number of nitrogens with zero attached hydrogens (tertiary/aromatic N) is 3. The molecule has 10 heteroatoms. The van der Waals surface area contributed by atoms with Crippen LogP contribution >= 0.6 is 0 Å². The molecule has 2 fully saturated rings. The van der Waals surface area contributed by atoms with Crippen LogP contribution in [0.25, 0.3) is 6.08 Å². The van der Waals surface area contributed by atoms with Crippen LogP contribution in [0, 0.1) is 22.0 Å². The predicted molar refractivity (Wildman–Crippen MR) is 128 cm³/mol. The summed E-state index contributed by atoms with van der Waals surface area (Å²) < 4.78 is 10.7. The monoisotopic (exact) mass is 485 g/mol. The molecule has 0 saturated carbocycles. The van der Waals surface area contributed by atoms with Crippen molar-refractivity contribution in [3.8, 4) is 5.75 Å². The molecule has 36 heavy (non-hydrogen) atoms. The summed E-state index contributed by atoms with van der Waals surface area (Å²) in [4.78, 5) is 55.1. The summed E-state index contributed by atoms with van der Waals surface area (Å²) in [6.07, 6.45) is 5.08. The van der Waals surface area contributed by atoms with Crippen LogP contribution in [0.1, 0.15) is 16.1 Å². The highest BCUT2D eigenvalue weighted by Gasteiger charge is 2.65. The molecule has 0 radical (unpaired) electrons. The van der Waals surface area contributed by atoms with Gasteiger partial charge in [0.1, 0.15) is 17.5 Å². The van der Waals surface area contributed by atoms with Crippen molar-refractivity contribution in [1.29, 1.82) is 0 Å². The van der Waals surface area contributed by atoms with Crippen molar-refractivity contribution in [2.75, 3.05) is 16.9 Å². The number of imide groups is 1. The number of methoxy groups -OCH3 is 1. The molecule has 0 spiro atoms. The highest BCUT2D eigenvalue weighted by molar-refractivity contribution is 6.26. The predicted octanol–water partition coefficient (Wildman–Crippen LogP) is 3.47. The number of anilines is 2. The maximum absolute atomic E-state index is 13.9. The third-order valence-electron chi connectivity index (χ3n) is 7.06. The normalized spacial score (nSPS) is 23.9. The van der Waals surface area contributed by atoms with E-state index in [0.717, 1.165) is 22.2 Å². The number of non-ortho nitro benzene ring substituents is 1. The van der Waals surface area contributed by atoms with Gasteiger partial charge in [-0.15, -0.1) is 0 Å². The van der Waals surface area contributed by atoms with Crippen molar-refractivity contribution in [3.63, 3.8) is 0 Å². The van der Waals surface area contributed by atoms with Crippen molar-refractivity contribution in [3.05, 3.63) is 88.4 Å². The minimum Gasteiger partial charge on any atom is -0.495 e. The quantitative estimate of drug-likeness (QED) is 0.233. The van der Waals surface area contributed by atoms with Crippen molar-refractivity contribution >= 4 is 40.7 Å². The van der Waals surface area contributed by atoms with Gasteiger partial charge in [0.15, 0.2) is 5.76 Å². The number of ether oxygens (including phenoxy) is 1. The van der Waals surface area contributed by atoms with E-state index in [1.165, 1.54) is 31.6 Å². The van der Waals surface area contributed by atoms with Crippen LogP contribution in [0.2, 0.25) is 0 Å². The minimum atomic E-state index is -1.03. The lowest BCUT2D eigenvalue weighted by atomic mass is 9.87. The van der Waals surface area contributed by atoms with Crippen LogP contribution in [0.4, 0.5) is 17.1 Å². The van der Waals surface area contributed by atoms with Crippen molar-refractivity contribution in [2.45, 2.75) is 12.1 Å². The molecule has 6 rings (SSSR count). The van der Waals surface area contributed by atoms with Crippen LogP contribution in [0.15, 0.2) is 71.4 Å². The largest absolute Gasteiger partial charge is 0.495 e. The third kappa shape index (κ3) is 2.94. The molecule has 1 aromatic heterocycles. The summed E-state index contributed by atoms with van der Waals surface area (Å²) in [6.45, 7) is 0. The summed E-state index contributed by atoms with van der Waals surface area (Å²) in [5.41, 5.74) is 1.29. The van der Waals surface area contributed by atoms with E-state index in [1.807, 2.05) is 41.3 Å². The molecule has 180 valence electrons. The van der Waals surface area contributed by atoms with Crippen LogP contribution in [0.3, 0.4) is 0 Å². The number of amides is 2. The molecule has 0 aliphatic carbocycles. The Labute approximate surface area is 204 Å². The van der Waals surface area contributed by atoms with Gasteiger partial charge in [-0.3, -0.25) is 24.5 Å². The van der Waals surface area contributed by atoms with Gasteiger partial charge in [0.2, 0.25) is 17.6 Å². The van der Waals surface area contributed by atoms with Crippen LogP contribution in [-0.4, -0.2) is 41.7 Å². The zero-order valence-corrected chi connectivity index (χ0v) is 18.9. The molecule has 3 aromatic rings. The van der Waals surface area contributed by atoms with Gasteiger partial charge in [0, 0.05) is 17.8 Å². The van der Waals surface area contributed by atoms with Crippen molar-refractivity contribution < 1.29 is 28.5 Å². The molecule has 4 unspecified atom stereocenters. The standard InChI is InChI=1S/C26H19N3O7/c1-35-19-11-9-15(29(33)34)13-18(19)28-25(31)21-17-10-8-14-5-2-3-6-16(14)27(17)23(22(21)26(28)32)24(30)20-7-4-12-36-20/h2-13,17,21-23H,1H3. The summed E-state index contributed by atoms with van der Waals surface area (Å²) in [7, 11) is 1.35. The number of ketones is 1. The number of Topliss-reactive ketones (excluding diaryl/α,β-unsaturated/α-hetero) is 1. The lowest BCUT2D eigenvalue weighted by Crippen LogP contribution is -2.48. The number of nitro benzene ring substituents is 1. The number of carbonyl (C=O) groups excluding carboxylic acids is 3. The summed E-state index contributed by atoms with van der Waals surface area (Å²) >= 11 is 0. The van der Waals surface area contributed by atoms with Gasteiger partial charge >= 0.3 is 0 Å². The zero-order chi connectivity index (χ0) is 25.1. The third-order valence-corrected chi connectivity index (χ3v) is 7.06. The van der Waals surface area contributed by atoms with E-state index in [0.29, 0.717) is 0 Å². The van der Waals surface area contributed by atoms with Gasteiger partial charge in [-0.2, -0.15) is 0 Å². The Morgan fingerprint density at radius 1 is 1.03 bits per heavy atom. The fraction of sp³-hybridized carbons (Fsp3) is 0.192. The van der Waals surface area contributed by atoms with E-state index < -0.39 is 46.4 Å². The minimum absolute atomic E-state index is 0.0213. The first kappa shape index (κ1) is 21.8. The van der Waals surface area contributed by atoms with Gasteiger partial charge in [0.05, 0.1) is 36.2 Å². The maximum atomic E-state index is 13.9. The Kier molecular flexibility index (Phi) is 4.78. The molecule has 4 heterocycles. The van der Waals surface area contributed by atoms with Gasteiger partial charge in [-0.25, -0.2) is 4.90 Å². The number of nitro groups is 1. The number of fused-ring (bicyclic) bond motifs is 5. The fourth-order valence-corrected chi connectivity index (χ4v) is 5.58. The number of hydrogen-bond donors (Lipinski definition) is 0. The fourth-order valence-electron chi connectivity index (χ4n) is 5.58. The molecule has 2 aromatic carbocycles. The topological polar surface area (TPSA) is 123 Å². The Morgan fingerprint density at radius 3 is 2.53 bits per heavy atom. The molecule has 2 amide bonds. The van der Waals surface area contributed by atoms with E-state index >= 15 is 0 Å². The van der Waals surface area contributed by atoms with Crippen LogP contribution in [-0.2, 0) is 9.59 Å². The lowest BCUT2D eigenvalue weighted by Gasteiger charge is -2.36. The average molecular weight is 485 g/mol. The highest BCUT2D eigenvalue weighted by Crippen LogP contribution is 2.51. The summed E-state index contributed by atoms with van der Waals surface area (Å²) in [5, 5.41) is 11.4. The second kappa shape index (κ2) is 7.91. The van der Waals surface area contributed by atoms with E-state index in [-0.39, 0.29) is 22.9 Å². The molecule has 2 saturated heterocycles. The maximum Gasteiger partial charge on any atom is 0.271 e. The summed E-state index contributed by atoms with van der Waals surface area (Å²) in [5.74, 6) is -3.27. The molecular formula is C26H19N3O7. The van der Waals surface area contributed by atoms with Crippen molar-refractivity contribution in [1.82, 2.24) is 0 Å². The SMILES string of the molecule is COc1ccc([N+](=O)[O-])cc1N1C(=O)C2C(C1=O)C(C(=O)c1ccco1)N1c3ccccc3C=CC21. The van der Waals surface area contributed by atoms with Gasteiger partial charge < -0.3 is 14.1 Å². The number of carbonyl (C=O) groups is 3. The molecule has 0 bridgehead atoms. The lowest BCUT2D eigenvalue weighted by molar-refractivity contribution is -0.384. The number of para-hydroxylation sites is 1. The number of rotatable bonds is 5. The molecule has 0 N–H and O–H groups in total. The van der Waals surface area contributed by atoms with Gasteiger partial charge in [-0.05, 0) is 29.8 Å². The summed E-state index contributed by atoms with van der Waals surface area (Å²) in [6, 6.07) is 12.7. The number of furan rings is 1. The average Bonchev–Trinajstić information content (AvgIpc) is 3.60. The van der Waals surface area contributed by atoms with E-state index in [9.17, 15) is 24.5 Å². The first-order chi connectivity index (χ1) is 17.4. The Morgan fingerprint density at radius 2 is 1.81 bits per heavy atom. The highest BCUT2D eigenvalue weighted by atomic mass is 16.6. The van der Waals surface area contributed by atoms with Gasteiger partial charge in [-0.1, -0.05) is 30.4 Å². The van der Waals surface area contributed by atoms with E-state index in [2.05, 4.69) is 0 Å². The van der Waals surface area contributed by atoms with E-state index in [1.54, 1.807) is 6.07 Å². The Bertz CT molecular complexity index is 1460. The Hall–Kier alpha value is -4.73. The molecule has 3 aliphatic rings. The second-order valence-electron chi connectivity index (χ2n) is 8.78. The van der Waals surface area contributed by atoms with Crippen LogP contribution in [0.5, 0.6) is 5.75 Å². The molecular weight excluding hydrogens is 466 g/mol. The number of benzene rings is 2. The first-order valence-corrected chi connectivity index (χ1v) is 11.3. The second-order valence-corrected chi connectivity index (χ2v) is 8.78. The zero-order valence-electron chi connectivity index (χ0n) is 18.9. The Balaban J connectivity index is 1.51. The van der Waals surface area contributed by atoms with Crippen LogP contribution < -0.4 is 14.5 Å². The van der Waals surface area contributed by atoms with E-state index in [4.69, 9.17) is 9.15 Å². The van der Waals surface area contributed by atoms with Gasteiger partial charge in [0.25, 0.3) is 5.69 Å². The first-order valence-electron chi connectivity index (χ1n) is 11.3.